The second-order valence-electron chi connectivity index (χ2n) is 5.36. The van der Waals surface area contributed by atoms with Gasteiger partial charge in [-0.3, -0.25) is 0 Å². The zero-order chi connectivity index (χ0) is 17.8. The molecule has 0 saturated carbocycles. The van der Waals surface area contributed by atoms with Gasteiger partial charge in [0.25, 0.3) is 0 Å². The predicted octanol–water partition coefficient (Wildman–Crippen LogP) is 3.92. The van der Waals surface area contributed by atoms with Crippen molar-refractivity contribution in [3.63, 3.8) is 0 Å². The largest absolute Gasteiger partial charge is 0.489 e. The lowest BCUT2D eigenvalue weighted by molar-refractivity contribution is 0.0682. The van der Waals surface area contributed by atoms with Crippen LogP contribution >= 0.6 is 0 Å². The Bertz CT molecular complexity index is 914. The summed E-state index contributed by atoms with van der Waals surface area (Å²) in [6, 6.07) is 16.2. The number of nitrogens with zero attached hydrogens (tertiary/aromatic N) is 1. The summed E-state index contributed by atoms with van der Waals surface area (Å²) in [4.78, 5) is 23.5. The predicted molar refractivity (Wildman–Crippen MR) is 92.1 cm³/mol. The van der Waals surface area contributed by atoms with Crippen LogP contribution in [0, 0.1) is 0 Å². The average Bonchev–Trinajstić information content (AvgIpc) is 3.00. The van der Waals surface area contributed by atoms with E-state index in [4.69, 9.17) is 9.47 Å². The van der Waals surface area contributed by atoms with Gasteiger partial charge in [0.2, 0.25) is 0 Å². The Hall–Kier alpha value is -3.28. The highest BCUT2D eigenvalue weighted by molar-refractivity contribution is 6.01. The third-order valence-electron chi connectivity index (χ3n) is 3.69. The Labute approximate surface area is 144 Å². The van der Waals surface area contributed by atoms with E-state index in [0.29, 0.717) is 23.3 Å². The molecular weight excluding hydrogens is 322 g/mol. The van der Waals surface area contributed by atoms with Crippen LogP contribution in [0.5, 0.6) is 5.75 Å². The molecule has 0 fully saturated rings. The molecule has 1 N–H and O–H groups in total. The molecule has 0 amide bonds. The fourth-order valence-corrected chi connectivity index (χ4v) is 2.57. The van der Waals surface area contributed by atoms with E-state index in [1.54, 1.807) is 25.1 Å². The standard InChI is InChI=1S/C19H17NO5/c1-2-24-19(23)20-16-9-8-15(10-14(16)11-17(20)18(21)22)25-12-13-6-4-3-5-7-13/h3-11H,2,12H2,1H3,(H,21,22). The van der Waals surface area contributed by atoms with Crippen LogP contribution in [-0.2, 0) is 11.3 Å². The summed E-state index contributed by atoms with van der Waals surface area (Å²) in [7, 11) is 0. The van der Waals surface area contributed by atoms with Gasteiger partial charge in [-0.15, -0.1) is 0 Å². The summed E-state index contributed by atoms with van der Waals surface area (Å²) in [6.45, 7) is 2.23. The van der Waals surface area contributed by atoms with Gasteiger partial charge in [0.1, 0.15) is 18.1 Å². The Morgan fingerprint density at radius 1 is 1.08 bits per heavy atom. The van der Waals surface area contributed by atoms with E-state index in [2.05, 4.69) is 0 Å². The molecule has 128 valence electrons. The fraction of sp³-hybridized carbons (Fsp3) is 0.158. The first-order valence-electron chi connectivity index (χ1n) is 7.83. The minimum absolute atomic E-state index is 0.145. The van der Waals surface area contributed by atoms with E-state index in [0.717, 1.165) is 10.1 Å². The number of rotatable bonds is 5. The van der Waals surface area contributed by atoms with E-state index < -0.39 is 12.1 Å². The number of hydrogen-bond acceptors (Lipinski definition) is 4. The lowest BCUT2D eigenvalue weighted by Crippen LogP contribution is -2.18. The molecule has 0 unspecified atom stereocenters. The van der Waals surface area contributed by atoms with Crippen molar-refractivity contribution in [1.82, 2.24) is 4.57 Å². The number of carboxylic acid groups (broad SMARTS) is 1. The molecular formula is C19H17NO5. The number of carbonyl (C=O) groups excluding carboxylic acids is 1. The Morgan fingerprint density at radius 3 is 2.52 bits per heavy atom. The SMILES string of the molecule is CCOC(=O)n1c(C(=O)O)cc2cc(OCc3ccccc3)ccc21. The molecule has 3 rings (SSSR count). The van der Waals surface area contributed by atoms with E-state index in [-0.39, 0.29) is 12.3 Å². The van der Waals surface area contributed by atoms with Gasteiger partial charge >= 0.3 is 12.1 Å². The van der Waals surface area contributed by atoms with Crippen LogP contribution in [0.3, 0.4) is 0 Å². The maximum absolute atomic E-state index is 12.1. The van der Waals surface area contributed by atoms with E-state index in [1.165, 1.54) is 6.07 Å². The van der Waals surface area contributed by atoms with Crippen LogP contribution in [0.25, 0.3) is 10.9 Å². The van der Waals surface area contributed by atoms with Crippen LogP contribution in [-0.4, -0.2) is 28.3 Å². The topological polar surface area (TPSA) is 77.8 Å². The zero-order valence-electron chi connectivity index (χ0n) is 13.6. The van der Waals surface area contributed by atoms with Gasteiger partial charge < -0.3 is 14.6 Å². The van der Waals surface area contributed by atoms with Crippen LogP contribution < -0.4 is 4.74 Å². The van der Waals surface area contributed by atoms with Crippen LogP contribution in [0.4, 0.5) is 4.79 Å². The smallest absolute Gasteiger partial charge is 0.419 e. The number of hydrogen-bond donors (Lipinski definition) is 1. The van der Waals surface area contributed by atoms with Crippen molar-refractivity contribution in [1.29, 1.82) is 0 Å². The van der Waals surface area contributed by atoms with Crippen LogP contribution in [0.15, 0.2) is 54.6 Å². The minimum Gasteiger partial charge on any atom is -0.489 e. The molecule has 0 aliphatic rings. The number of ether oxygens (including phenoxy) is 2. The molecule has 25 heavy (non-hydrogen) atoms. The van der Waals surface area contributed by atoms with Crippen LogP contribution in [0.2, 0.25) is 0 Å². The average molecular weight is 339 g/mol. The maximum atomic E-state index is 12.1. The summed E-state index contributed by atoms with van der Waals surface area (Å²) in [6.07, 6.45) is -0.715. The van der Waals surface area contributed by atoms with E-state index in [1.807, 2.05) is 30.3 Å². The van der Waals surface area contributed by atoms with Gasteiger partial charge in [0.05, 0.1) is 12.1 Å². The molecule has 1 heterocycles. The Morgan fingerprint density at radius 2 is 1.84 bits per heavy atom. The van der Waals surface area contributed by atoms with Crippen molar-refractivity contribution in [3.05, 3.63) is 65.9 Å². The lowest BCUT2D eigenvalue weighted by atomic mass is 10.2. The highest BCUT2D eigenvalue weighted by atomic mass is 16.5. The number of carboxylic acids is 1. The molecule has 1 aromatic heterocycles. The van der Waals surface area contributed by atoms with Gasteiger partial charge in [0, 0.05) is 5.39 Å². The Balaban J connectivity index is 1.92. The second kappa shape index (κ2) is 7.09. The minimum atomic E-state index is -1.20. The summed E-state index contributed by atoms with van der Waals surface area (Å²) < 4.78 is 11.8. The monoisotopic (exact) mass is 339 g/mol. The van der Waals surface area contributed by atoms with E-state index in [9.17, 15) is 14.7 Å². The molecule has 0 atom stereocenters. The van der Waals surface area contributed by atoms with Crippen molar-refractivity contribution in [2.24, 2.45) is 0 Å². The van der Waals surface area contributed by atoms with Crippen molar-refractivity contribution in [3.8, 4) is 5.75 Å². The van der Waals surface area contributed by atoms with Crippen molar-refractivity contribution in [2.45, 2.75) is 13.5 Å². The highest BCUT2D eigenvalue weighted by Crippen LogP contribution is 2.26. The molecule has 0 aliphatic carbocycles. The van der Waals surface area contributed by atoms with Gasteiger partial charge in [-0.25, -0.2) is 14.2 Å². The number of fused-ring (bicyclic) bond motifs is 1. The summed E-state index contributed by atoms with van der Waals surface area (Å²) in [5.74, 6) is -0.606. The molecule has 0 saturated heterocycles. The molecule has 6 heteroatoms. The molecule has 2 aromatic carbocycles. The molecule has 3 aromatic rings. The Kier molecular flexibility index (Phi) is 4.70. The van der Waals surface area contributed by atoms with Crippen molar-refractivity contribution >= 4 is 23.0 Å². The number of aromatic nitrogens is 1. The fourth-order valence-electron chi connectivity index (χ4n) is 2.57. The third-order valence-corrected chi connectivity index (χ3v) is 3.69. The number of aromatic carboxylic acids is 1. The molecule has 0 spiro atoms. The van der Waals surface area contributed by atoms with E-state index >= 15 is 0 Å². The first kappa shape index (κ1) is 16.6. The zero-order valence-corrected chi connectivity index (χ0v) is 13.6. The quantitative estimate of drug-likeness (QED) is 0.762. The first-order valence-corrected chi connectivity index (χ1v) is 7.83. The second-order valence-corrected chi connectivity index (χ2v) is 5.36. The van der Waals surface area contributed by atoms with Crippen LogP contribution in [0.1, 0.15) is 23.0 Å². The molecule has 0 bridgehead atoms. The number of carbonyl (C=O) groups is 2. The molecule has 6 nitrogen and oxygen atoms in total. The summed E-state index contributed by atoms with van der Waals surface area (Å²) >= 11 is 0. The van der Waals surface area contributed by atoms with Gasteiger partial charge in [0.15, 0.2) is 0 Å². The number of benzene rings is 2. The van der Waals surface area contributed by atoms with Crippen molar-refractivity contribution in [2.75, 3.05) is 6.61 Å². The van der Waals surface area contributed by atoms with Crippen molar-refractivity contribution < 1.29 is 24.2 Å². The summed E-state index contributed by atoms with van der Waals surface area (Å²) in [5, 5.41) is 9.94. The summed E-state index contributed by atoms with van der Waals surface area (Å²) in [5.41, 5.74) is 1.34. The molecule has 0 aliphatic heterocycles. The third kappa shape index (κ3) is 3.47. The maximum Gasteiger partial charge on any atom is 0.419 e. The van der Waals surface area contributed by atoms with Gasteiger partial charge in [-0.2, -0.15) is 0 Å². The first-order chi connectivity index (χ1) is 12.1. The normalized spacial score (nSPS) is 10.6. The lowest BCUT2D eigenvalue weighted by Gasteiger charge is -2.08. The van der Waals surface area contributed by atoms with Gasteiger partial charge in [-0.1, -0.05) is 30.3 Å². The van der Waals surface area contributed by atoms with Gasteiger partial charge in [-0.05, 0) is 36.8 Å². The molecule has 0 radical (unpaired) electrons. The highest BCUT2D eigenvalue weighted by Gasteiger charge is 2.21.